The molecule has 0 aliphatic carbocycles. The van der Waals surface area contributed by atoms with Crippen LogP contribution in [0.5, 0.6) is 11.5 Å². The van der Waals surface area contributed by atoms with E-state index >= 15 is 0 Å². The topological polar surface area (TPSA) is 72.8 Å². The highest BCUT2D eigenvalue weighted by Crippen LogP contribution is 2.35. The average molecular weight is 383 g/mol. The first-order valence-corrected chi connectivity index (χ1v) is 9.52. The fourth-order valence-electron chi connectivity index (χ4n) is 4.34. The summed E-state index contributed by atoms with van der Waals surface area (Å²) in [6.45, 7) is 2.42. The number of likely N-dealkylation sites (tertiary alicyclic amines) is 1. The van der Waals surface area contributed by atoms with E-state index in [1.807, 2.05) is 39.8 Å². The minimum Gasteiger partial charge on any atom is -0.493 e. The van der Waals surface area contributed by atoms with Gasteiger partial charge in [0.1, 0.15) is 0 Å². The molecule has 28 heavy (non-hydrogen) atoms. The molecule has 0 saturated carbocycles. The molecule has 7 nitrogen and oxygen atoms in total. The predicted molar refractivity (Wildman–Crippen MR) is 105 cm³/mol. The second-order valence-corrected chi connectivity index (χ2v) is 7.45. The molecule has 3 heterocycles. The molecule has 0 spiro atoms. The SMILES string of the molecule is COc1ccc(CNC(=O)N2C[C@@H]3C[C@H](C2)c2cccc(=O)n2C3)cc1OC. The third kappa shape index (κ3) is 3.44. The van der Waals surface area contributed by atoms with E-state index in [1.165, 1.54) is 0 Å². The van der Waals surface area contributed by atoms with Crippen molar-refractivity contribution in [3.63, 3.8) is 0 Å². The number of pyridine rings is 1. The Morgan fingerprint density at radius 3 is 2.71 bits per heavy atom. The molecule has 2 bridgehead atoms. The molecule has 1 fully saturated rings. The van der Waals surface area contributed by atoms with E-state index in [9.17, 15) is 9.59 Å². The van der Waals surface area contributed by atoms with Gasteiger partial charge in [0.05, 0.1) is 14.2 Å². The number of aromatic nitrogens is 1. The summed E-state index contributed by atoms with van der Waals surface area (Å²) in [7, 11) is 3.19. The van der Waals surface area contributed by atoms with E-state index in [2.05, 4.69) is 5.32 Å². The van der Waals surface area contributed by atoms with E-state index in [0.29, 0.717) is 43.6 Å². The molecule has 0 unspecified atom stereocenters. The maximum Gasteiger partial charge on any atom is 0.317 e. The molecule has 1 saturated heterocycles. The van der Waals surface area contributed by atoms with Gasteiger partial charge in [-0.15, -0.1) is 0 Å². The fourth-order valence-corrected chi connectivity index (χ4v) is 4.34. The summed E-state index contributed by atoms with van der Waals surface area (Å²) >= 11 is 0. The molecule has 2 amide bonds. The molecule has 2 aliphatic rings. The Bertz CT molecular complexity index is 939. The highest BCUT2D eigenvalue weighted by atomic mass is 16.5. The van der Waals surface area contributed by atoms with E-state index < -0.39 is 0 Å². The van der Waals surface area contributed by atoms with Crippen molar-refractivity contribution < 1.29 is 14.3 Å². The van der Waals surface area contributed by atoms with Crippen molar-refractivity contribution in [3.8, 4) is 11.5 Å². The lowest BCUT2D eigenvalue weighted by Gasteiger charge is -2.42. The van der Waals surface area contributed by atoms with Gasteiger partial charge in [-0.3, -0.25) is 4.79 Å². The van der Waals surface area contributed by atoms with E-state index in [1.54, 1.807) is 20.3 Å². The monoisotopic (exact) mass is 383 g/mol. The fraction of sp³-hybridized carbons (Fsp3) is 0.429. The Morgan fingerprint density at radius 1 is 1.11 bits per heavy atom. The molecular weight excluding hydrogens is 358 g/mol. The van der Waals surface area contributed by atoms with Gasteiger partial charge in [0.25, 0.3) is 5.56 Å². The van der Waals surface area contributed by atoms with E-state index in [-0.39, 0.29) is 17.5 Å². The number of piperidine rings is 1. The largest absolute Gasteiger partial charge is 0.493 e. The molecule has 2 atom stereocenters. The lowest BCUT2D eigenvalue weighted by Crippen LogP contribution is -2.51. The van der Waals surface area contributed by atoms with Crippen molar-refractivity contribution in [1.82, 2.24) is 14.8 Å². The molecule has 4 rings (SSSR count). The van der Waals surface area contributed by atoms with Gasteiger partial charge in [-0.1, -0.05) is 12.1 Å². The molecule has 2 aromatic rings. The zero-order valence-corrected chi connectivity index (χ0v) is 16.2. The van der Waals surface area contributed by atoms with Gasteiger partial charge in [0, 0.05) is 43.9 Å². The number of rotatable bonds is 4. The first-order chi connectivity index (χ1) is 13.6. The number of carbonyl (C=O) groups is 1. The van der Waals surface area contributed by atoms with Crippen LogP contribution in [0.3, 0.4) is 0 Å². The van der Waals surface area contributed by atoms with Crippen LogP contribution in [0.4, 0.5) is 4.79 Å². The summed E-state index contributed by atoms with van der Waals surface area (Å²) in [4.78, 5) is 26.7. The number of fused-ring (bicyclic) bond motifs is 4. The quantitative estimate of drug-likeness (QED) is 0.879. The van der Waals surface area contributed by atoms with Gasteiger partial charge in [-0.05, 0) is 36.1 Å². The third-order valence-corrected chi connectivity index (χ3v) is 5.66. The molecule has 0 radical (unpaired) electrons. The third-order valence-electron chi connectivity index (χ3n) is 5.66. The second-order valence-electron chi connectivity index (χ2n) is 7.45. The molecule has 1 aromatic carbocycles. The maximum atomic E-state index is 12.7. The van der Waals surface area contributed by atoms with Crippen molar-refractivity contribution in [2.24, 2.45) is 5.92 Å². The molecule has 7 heteroatoms. The predicted octanol–water partition coefficient (Wildman–Crippen LogP) is 2.19. The van der Waals surface area contributed by atoms with Crippen LogP contribution >= 0.6 is 0 Å². The number of urea groups is 1. The zero-order chi connectivity index (χ0) is 19.7. The van der Waals surface area contributed by atoms with Gasteiger partial charge in [0.2, 0.25) is 0 Å². The highest BCUT2D eigenvalue weighted by Gasteiger charge is 2.36. The number of nitrogens with one attached hydrogen (secondary N) is 1. The lowest BCUT2D eigenvalue weighted by molar-refractivity contribution is 0.131. The van der Waals surface area contributed by atoms with Crippen molar-refractivity contribution >= 4 is 6.03 Å². The number of hydrogen-bond donors (Lipinski definition) is 1. The van der Waals surface area contributed by atoms with Crippen molar-refractivity contribution in [1.29, 1.82) is 0 Å². The van der Waals surface area contributed by atoms with Crippen LogP contribution in [0.1, 0.15) is 23.6 Å². The van der Waals surface area contributed by atoms with Crippen LogP contribution in [-0.4, -0.2) is 42.8 Å². The summed E-state index contributed by atoms with van der Waals surface area (Å²) in [5, 5.41) is 3.00. The number of methoxy groups -OCH3 is 2. The lowest BCUT2D eigenvalue weighted by atomic mass is 9.83. The number of hydrogen-bond acceptors (Lipinski definition) is 4. The number of ether oxygens (including phenoxy) is 2. The van der Waals surface area contributed by atoms with Gasteiger partial charge in [0.15, 0.2) is 11.5 Å². The summed E-state index contributed by atoms with van der Waals surface area (Å²) in [6.07, 6.45) is 1.03. The Kier molecular flexibility index (Phi) is 4.98. The van der Waals surface area contributed by atoms with Crippen molar-refractivity contribution in [2.45, 2.75) is 25.4 Å². The van der Waals surface area contributed by atoms with Gasteiger partial charge >= 0.3 is 6.03 Å². The highest BCUT2D eigenvalue weighted by molar-refractivity contribution is 5.74. The summed E-state index contributed by atoms with van der Waals surface area (Å²) in [5.74, 6) is 1.84. The van der Waals surface area contributed by atoms with Gasteiger partial charge < -0.3 is 24.3 Å². The van der Waals surface area contributed by atoms with Crippen LogP contribution in [-0.2, 0) is 13.1 Å². The van der Waals surface area contributed by atoms with Gasteiger partial charge in [-0.25, -0.2) is 4.79 Å². The smallest absolute Gasteiger partial charge is 0.317 e. The normalized spacial score (nSPS) is 20.3. The first kappa shape index (κ1) is 18.4. The number of carbonyl (C=O) groups excluding carboxylic acids is 1. The first-order valence-electron chi connectivity index (χ1n) is 9.52. The summed E-state index contributed by atoms with van der Waals surface area (Å²) in [6, 6.07) is 11.0. The maximum absolute atomic E-state index is 12.7. The average Bonchev–Trinajstić information content (AvgIpc) is 2.72. The Balaban J connectivity index is 1.42. The molecule has 1 aromatic heterocycles. The molecule has 148 valence electrons. The molecule has 1 N–H and O–H groups in total. The van der Waals surface area contributed by atoms with Crippen LogP contribution in [0.25, 0.3) is 0 Å². The minimum absolute atomic E-state index is 0.0542. The van der Waals surface area contributed by atoms with E-state index in [4.69, 9.17) is 9.47 Å². The Labute approximate surface area is 163 Å². The Hall–Kier alpha value is -2.96. The molecular formula is C21H25N3O4. The van der Waals surface area contributed by atoms with Crippen molar-refractivity contribution in [2.75, 3.05) is 27.3 Å². The van der Waals surface area contributed by atoms with Crippen LogP contribution < -0.4 is 20.3 Å². The number of benzene rings is 1. The minimum atomic E-state index is -0.0730. The standard InChI is InChI=1S/C21H25N3O4/c1-27-18-7-6-14(9-19(18)28-2)10-22-21(26)23-11-15-8-16(13-23)17-4-3-5-20(25)24(17)12-15/h3-7,9,15-16H,8,10-13H2,1-2H3,(H,22,26)/t15-,16+/m0/s1. The molecule has 2 aliphatic heterocycles. The van der Waals surface area contributed by atoms with Crippen molar-refractivity contribution in [3.05, 3.63) is 58.0 Å². The van der Waals surface area contributed by atoms with Crippen LogP contribution in [0.15, 0.2) is 41.2 Å². The van der Waals surface area contributed by atoms with Gasteiger partial charge in [-0.2, -0.15) is 0 Å². The second kappa shape index (κ2) is 7.58. The van der Waals surface area contributed by atoms with Crippen LogP contribution in [0, 0.1) is 5.92 Å². The number of nitrogens with zero attached hydrogens (tertiary/aromatic N) is 2. The van der Waals surface area contributed by atoms with E-state index in [0.717, 1.165) is 17.7 Å². The summed E-state index contributed by atoms with van der Waals surface area (Å²) < 4.78 is 12.4. The zero-order valence-electron chi connectivity index (χ0n) is 16.2. The Morgan fingerprint density at radius 2 is 1.93 bits per heavy atom. The number of amides is 2. The summed E-state index contributed by atoms with van der Waals surface area (Å²) in [5.41, 5.74) is 2.04. The van der Waals surface area contributed by atoms with Crippen LogP contribution in [0.2, 0.25) is 0 Å².